The first-order valence-corrected chi connectivity index (χ1v) is 11.3. The number of hydrogen-bond donors (Lipinski definition) is 0. The Kier molecular flexibility index (Phi) is 5.43. The number of halogens is 2. The molecule has 3 aromatic carbocycles. The Bertz CT molecular complexity index is 1160. The SMILES string of the molecule is Cc1cc(OC(c2ccc(F)cc2)c2ccc(F)cc2)c(C)c2c1CC[C@H]1C(C)C(=O)O[C@@H]21. The summed E-state index contributed by atoms with van der Waals surface area (Å²) in [5, 5.41) is 0. The normalized spacial score (nSPS) is 21.5. The van der Waals surface area contributed by atoms with Crippen LogP contribution in [-0.4, -0.2) is 5.97 Å². The van der Waals surface area contributed by atoms with Gasteiger partial charge in [0.05, 0.1) is 5.92 Å². The molecule has 3 nitrogen and oxygen atoms in total. The van der Waals surface area contributed by atoms with Gasteiger partial charge >= 0.3 is 5.97 Å². The summed E-state index contributed by atoms with van der Waals surface area (Å²) in [6.45, 7) is 6.00. The lowest BCUT2D eigenvalue weighted by Crippen LogP contribution is -2.23. The summed E-state index contributed by atoms with van der Waals surface area (Å²) in [4.78, 5) is 12.3. The number of aryl methyl sites for hydroxylation is 1. The van der Waals surface area contributed by atoms with Crippen LogP contribution in [0.4, 0.5) is 8.78 Å². The van der Waals surface area contributed by atoms with Crippen LogP contribution in [0.1, 0.15) is 58.9 Å². The summed E-state index contributed by atoms with van der Waals surface area (Å²) in [5.74, 6) is -0.0684. The van der Waals surface area contributed by atoms with Crippen LogP contribution in [0.15, 0.2) is 54.6 Å². The zero-order chi connectivity index (χ0) is 23.3. The van der Waals surface area contributed by atoms with Crippen LogP contribution in [0.5, 0.6) is 5.75 Å². The first-order chi connectivity index (χ1) is 15.8. The molecule has 170 valence electrons. The maximum Gasteiger partial charge on any atom is 0.309 e. The maximum atomic E-state index is 13.6. The van der Waals surface area contributed by atoms with Crippen LogP contribution in [0.3, 0.4) is 0 Å². The van der Waals surface area contributed by atoms with Crippen LogP contribution in [-0.2, 0) is 16.0 Å². The van der Waals surface area contributed by atoms with Gasteiger partial charge in [-0.25, -0.2) is 8.78 Å². The van der Waals surface area contributed by atoms with Crippen LogP contribution in [0, 0.1) is 37.3 Å². The van der Waals surface area contributed by atoms with Crippen molar-refractivity contribution in [2.75, 3.05) is 0 Å². The van der Waals surface area contributed by atoms with E-state index >= 15 is 0 Å². The van der Waals surface area contributed by atoms with Crippen LogP contribution < -0.4 is 4.74 Å². The molecule has 5 rings (SSSR count). The fourth-order valence-electron chi connectivity index (χ4n) is 5.28. The van der Waals surface area contributed by atoms with Gasteiger partial charge in [0.2, 0.25) is 0 Å². The molecule has 1 aliphatic carbocycles. The average Bonchev–Trinajstić information content (AvgIpc) is 3.10. The molecule has 0 radical (unpaired) electrons. The Balaban J connectivity index is 1.58. The molecule has 1 fully saturated rings. The second-order valence-corrected chi connectivity index (χ2v) is 9.16. The smallest absolute Gasteiger partial charge is 0.309 e. The van der Waals surface area contributed by atoms with Gasteiger partial charge in [0.25, 0.3) is 0 Å². The van der Waals surface area contributed by atoms with E-state index in [1.165, 1.54) is 29.8 Å². The molecule has 2 aliphatic rings. The Morgan fingerprint density at radius 3 is 2.12 bits per heavy atom. The third-order valence-electron chi connectivity index (χ3n) is 7.17. The molecule has 1 saturated heterocycles. The van der Waals surface area contributed by atoms with E-state index in [2.05, 4.69) is 6.92 Å². The Labute approximate surface area is 192 Å². The second kappa shape index (κ2) is 8.29. The third kappa shape index (κ3) is 3.79. The van der Waals surface area contributed by atoms with Gasteiger partial charge in [0, 0.05) is 11.5 Å². The molecule has 33 heavy (non-hydrogen) atoms. The lowest BCUT2D eigenvalue weighted by molar-refractivity contribution is -0.144. The van der Waals surface area contributed by atoms with E-state index in [0.29, 0.717) is 5.75 Å². The first-order valence-electron chi connectivity index (χ1n) is 11.3. The first kappa shape index (κ1) is 21.6. The standard InChI is InChI=1S/C28H26F2O3/c1-15-14-24(17(3)25-22(15)12-13-23-16(2)28(31)33-27(23)25)32-26(18-4-8-20(29)9-5-18)19-6-10-21(30)11-7-19/h4-11,14,16,23,26-27H,12-13H2,1-3H3/t16?,23-,27+/m0/s1. The molecule has 1 aliphatic heterocycles. The van der Waals surface area contributed by atoms with Crippen molar-refractivity contribution in [3.63, 3.8) is 0 Å². The monoisotopic (exact) mass is 448 g/mol. The predicted molar refractivity (Wildman–Crippen MR) is 121 cm³/mol. The molecular weight excluding hydrogens is 422 g/mol. The lowest BCUT2D eigenvalue weighted by Gasteiger charge is -2.32. The number of fused-ring (bicyclic) bond motifs is 3. The van der Waals surface area contributed by atoms with E-state index < -0.39 is 6.10 Å². The number of ether oxygens (including phenoxy) is 2. The highest BCUT2D eigenvalue weighted by Gasteiger charge is 2.46. The molecule has 0 aromatic heterocycles. The molecule has 5 heteroatoms. The third-order valence-corrected chi connectivity index (χ3v) is 7.17. The van der Waals surface area contributed by atoms with Gasteiger partial charge in [0.1, 0.15) is 29.6 Å². The van der Waals surface area contributed by atoms with Crippen molar-refractivity contribution in [1.29, 1.82) is 0 Å². The number of carbonyl (C=O) groups excluding carboxylic acids is 1. The van der Waals surface area contributed by atoms with Crippen molar-refractivity contribution in [3.8, 4) is 5.75 Å². The summed E-state index contributed by atoms with van der Waals surface area (Å²) in [7, 11) is 0. The summed E-state index contributed by atoms with van der Waals surface area (Å²) in [6.07, 6.45) is 1.03. The molecular formula is C28H26F2O3. The molecule has 0 spiro atoms. The largest absolute Gasteiger partial charge is 0.481 e. The number of carbonyl (C=O) groups is 1. The van der Waals surface area contributed by atoms with Gasteiger partial charge in [-0.05, 0) is 84.8 Å². The zero-order valence-corrected chi connectivity index (χ0v) is 18.9. The number of esters is 1. The highest BCUT2D eigenvalue weighted by atomic mass is 19.1. The van der Waals surface area contributed by atoms with Crippen molar-refractivity contribution in [2.24, 2.45) is 11.8 Å². The van der Waals surface area contributed by atoms with Crippen molar-refractivity contribution < 1.29 is 23.0 Å². The van der Waals surface area contributed by atoms with Crippen molar-refractivity contribution in [3.05, 3.63) is 99.6 Å². The minimum Gasteiger partial charge on any atom is -0.481 e. The minimum atomic E-state index is -0.549. The van der Waals surface area contributed by atoms with E-state index in [9.17, 15) is 13.6 Å². The van der Waals surface area contributed by atoms with Gasteiger partial charge in [0.15, 0.2) is 0 Å². The molecule has 0 amide bonds. The van der Waals surface area contributed by atoms with Crippen molar-refractivity contribution in [2.45, 2.75) is 45.8 Å². The van der Waals surface area contributed by atoms with Gasteiger partial charge in [-0.3, -0.25) is 4.79 Å². The molecule has 3 aromatic rings. The topological polar surface area (TPSA) is 35.5 Å². The summed E-state index contributed by atoms with van der Waals surface area (Å²) >= 11 is 0. The molecule has 1 unspecified atom stereocenters. The van der Waals surface area contributed by atoms with E-state index in [1.807, 2.05) is 19.9 Å². The van der Waals surface area contributed by atoms with Crippen LogP contribution >= 0.6 is 0 Å². The Morgan fingerprint density at radius 2 is 1.55 bits per heavy atom. The quantitative estimate of drug-likeness (QED) is 0.425. The predicted octanol–water partition coefficient (Wildman–Crippen LogP) is 6.55. The molecule has 3 atom stereocenters. The number of rotatable bonds is 4. The van der Waals surface area contributed by atoms with Crippen molar-refractivity contribution in [1.82, 2.24) is 0 Å². The summed E-state index contributed by atoms with van der Waals surface area (Å²) in [5.41, 5.74) is 5.84. The van der Waals surface area contributed by atoms with Crippen LogP contribution in [0.2, 0.25) is 0 Å². The van der Waals surface area contributed by atoms with Gasteiger partial charge in [-0.1, -0.05) is 31.2 Å². The fraction of sp³-hybridized carbons (Fsp3) is 0.321. The molecule has 1 heterocycles. The number of hydrogen-bond acceptors (Lipinski definition) is 3. The Morgan fingerprint density at radius 1 is 0.970 bits per heavy atom. The van der Waals surface area contributed by atoms with Gasteiger partial charge < -0.3 is 9.47 Å². The van der Waals surface area contributed by atoms with E-state index in [4.69, 9.17) is 9.47 Å². The van der Waals surface area contributed by atoms with E-state index in [0.717, 1.165) is 40.7 Å². The zero-order valence-electron chi connectivity index (χ0n) is 18.9. The Hall–Kier alpha value is -3.21. The van der Waals surface area contributed by atoms with Crippen LogP contribution in [0.25, 0.3) is 0 Å². The maximum absolute atomic E-state index is 13.6. The van der Waals surface area contributed by atoms with E-state index in [-0.39, 0.29) is 35.5 Å². The fourth-order valence-corrected chi connectivity index (χ4v) is 5.28. The minimum absolute atomic E-state index is 0.112. The summed E-state index contributed by atoms with van der Waals surface area (Å²) in [6, 6.07) is 14.3. The van der Waals surface area contributed by atoms with E-state index in [1.54, 1.807) is 24.3 Å². The molecule has 0 bridgehead atoms. The van der Waals surface area contributed by atoms with Gasteiger partial charge in [-0.2, -0.15) is 0 Å². The second-order valence-electron chi connectivity index (χ2n) is 9.16. The van der Waals surface area contributed by atoms with Crippen molar-refractivity contribution >= 4 is 5.97 Å². The highest BCUT2D eigenvalue weighted by Crippen LogP contribution is 2.50. The molecule has 0 N–H and O–H groups in total. The number of benzene rings is 3. The van der Waals surface area contributed by atoms with Gasteiger partial charge in [-0.15, -0.1) is 0 Å². The average molecular weight is 449 g/mol. The molecule has 0 saturated carbocycles. The lowest BCUT2D eigenvalue weighted by atomic mass is 9.74. The highest BCUT2D eigenvalue weighted by molar-refractivity contribution is 5.76. The summed E-state index contributed by atoms with van der Waals surface area (Å²) < 4.78 is 39.6.